The second kappa shape index (κ2) is 7.26. The molecule has 0 radical (unpaired) electrons. The van der Waals surface area contributed by atoms with Gasteiger partial charge < -0.3 is 20.1 Å². The zero-order valence-corrected chi connectivity index (χ0v) is 16.2. The fourth-order valence-corrected chi connectivity index (χ4v) is 5.24. The highest BCUT2D eigenvalue weighted by Gasteiger charge is 2.61. The van der Waals surface area contributed by atoms with Crippen LogP contribution in [0.2, 0.25) is 0 Å². The van der Waals surface area contributed by atoms with Crippen molar-refractivity contribution in [3.05, 3.63) is 47.7 Å². The molecule has 2 aliphatic heterocycles. The lowest BCUT2D eigenvalue weighted by atomic mass is 9.93. The third-order valence-corrected chi connectivity index (χ3v) is 6.33. The molecule has 0 unspecified atom stereocenters. The molecule has 1 aromatic carbocycles. The van der Waals surface area contributed by atoms with Crippen LogP contribution in [0.5, 0.6) is 0 Å². The molecule has 3 rings (SSSR count). The van der Waals surface area contributed by atoms with E-state index < -0.39 is 28.8 Å². The number of carboxylic acid groups (broad SMARTS) is 1. The van der Waals surface area contributed by atoms with E-state index in [1.165, 1.54) is 24.9 Å². The highest BCUT2D eigenvalue weighted by Crippen LogP contribution is 2.54. The van der Waals surface area contributed by atoms with Gasteiger partial charge in [0.05, 0.1) is 19.6 Å². The van der Waals surface area contributed by atoms with Gasteiger partial charge in [0.15, 0.2) is 0 Å². The number of rotatable bonds is 5. The largest absolute Gasteiger partial charge is 0.480 e. The molecule has 27 heavy (non-hydrogen) atoms. The number of nitrogens with one attached hydrogen (secondary N) is 1. The van der Waals surface area contributed by atoms with Crippen LogP contribution in [0.4, 0.5) is 0 Å². The summed E-state index contributed by atoms with van der Waals surface area (Å²) in [6.45, 7) is 3.71. The van der Waals surface area contributed by atoms with E-state index >= 15 is 0 Å². The SMILES string of the molecule is COC(=O)C=C1[C@@H](NC(=O)Cc2ccccc2)[C@H]2SC(C)(C)[C@H](C(=O)O)N12. The summed E-state index contributed by atoms with van der Waals surface area (Å²) in [5.41, 5.74) is 1.35. The van der Waals surface area contributed by atoms with Crippen molar-refractivity contribution in [2.75, 3.05) is 7.11 Å². The van der Waals surface area contributed by atoms with Gasteiger partial charge in [0.1, 0.15) is 11.4 Å². The van der Waals surface area contributed by atoms with E-state index in [9.17, 15) is 19.5 Å². The number of hydrogen-bond donors (Lipinski definition) is 2. The Hall–Kier alpha value is -2.48. The van der Waals surface area contributed by atoms with E-state index in [0.29, 0.717) is 5.70 Å². The number of carbonyl (C=O) groups excluding carboxylic acids is 2. The molecule has 1 amide bonds. The molecule has 2 heterocycles. The Bertz CT molecular complexity index is 793. The molecule has 144 valence electrons. The Morgan fingerprint density at radius 3 is 2.56 bits per heavy atom. The van der Waals surface area contributed by atoms with Gasteiger partial charge >= 0.3 is 11.9 Å². The van der Waals surface area contributed by atoms with Crippen LogP contribution in [0.25, 0.3) is 0 Å². The van der Waals surface area contributed by atoms with Gasteiger partial charge in [0.2, 0.25) is 5.91 Å². The van der Waals surface area contributed by atoms with Gasteiger partial charge in [-0.2, -0.15) is 0 Å². The summed E-state index contributed by atoms with van der Waals surface area (Å²) in [4.78, 5) is 37.7. The van der Waals surface area contributed by atoms with Gasteiger partial charge in [-0.25, -0.2) is 9.59 Å². The van der Waals surface area contributed by atoms with E-state index in [1.54, 1.807) is 4.90 Å². The molecule has 0 aromatic heterocycles. The molecule has 0 spiro atoms. The van der Waals surface area contributed by atoms with E-state index in [4.69, 9.17) is 4.74 Å². The number of amides is 1. The highest BCUT2D eigenvalue weighted by molar-refractivity contribution is 8.01. The van der Waals surface area contributed by atoms with Crippen molar-refractivity contribution in [2.45, 2.75) is 42.5 Å². The minimum Gasteiger partial charge on any atom is -0.480 e. The zero-order valence-electron chi connectivity index (χ0n) is 15.3. The van der Waals surface area contributed by atoms with Crippen LogP contribution in [-0.2, 0) is 25.5 Å². The van der Waals surface area contributed by atoms with Crippen LogP contribution >= 0.6 is 11.8 Å². The minimum absolute atomic E-state index is 0.182. The second-order valence-corrected chi connectivity index (χ2v) is 8.83. The topological polar surface area (TPSA) is 95.9 Å². The van der Waals surface area contributed by atoms with Gasteiger partial charge in [-0.3, -0.25) is 4.79 Å². The van der Waals surface area contributed by atoms with E-state index in [1.807, 2.05) is 44.2 Å². The molecule has 0 bridgehead atoms. The smallest absolute Gasteiger partial charge is 0.332 e. The first-order valence-electron chi connectivity index (χ1n) is 8.56. The van der Waals surface area contributed by atoms with Crippen LogP contribution < -0.4 is 5.32 Å². The number of esters is 1. The van der Waals surface area contributed by atoms with Gasteiger partial charge in [-0.1, -0.05) is 30.3 Å². The van der Waals surface area contributed by atoms with Crippen molar-refractivity contribution in [1.29, 1.82) is 0 Å². The average molecular weight is 390 g/mol. The van der Waals surface area contributed by atoms with Crippen LogP contribution in [0, 0.1) is 0 Å². The molecule has 2 fully saturated rings. The second-order valence-electron chi connectivity index (χ2n) is 7.06. The van der Waals surface area contributed by atoms with Gasteiger partial charge in [0.25, 0.3) is 0 Å². The first-order chi connectivity index (χ1) is 12.7. The Balaban J connectivity index is 1.81. The molecule has 0 saturated carbocycles. The number of aliphatic carboxylic acids is 1. The van der Waals surface area contributed by atoms with Crippen LogP contribution in [0.1, 0.15) is 19.4 Å². The Morgan fingerprint density at radius 1 is 1.30 bits per heavy atom. The molecule has 2 N–H and O–H groups in total. The van der Waals surface area contributed by atoms with Gasteiger partial charge in [-0.15, -0.1) is 11.8 Å². The Morgan fingerprint density at radius 2 is 1.96 bits per heavy atom. The number of fused-ring (bicyclic) bond motifs is 1. The van der Waals surface area contributed by atoms with E-state index in [0.717, 1.165) is 5.56 Å². The van der Waals surface area contributed by atoms with Crippen molar-refractivity contribution in [3.8, 4) is 0 Å². The van der Waals surface area contributed by atoms with Crippen LogP contribution in [0.3, 0.4) is 0 Å². The summed E-state index contributed by atoms with van der Waals surface area (Å²) in [6.07, 6.45) is 1.48. The predicted molar refractivity (Wildman–Crippen MR) is 101 cm³/mol. The lowest BCUT2D eigenvalue weighted by Gasteiger charge is -2.48. The fraction of sp³-hybridized carbons (Fsp3) is 0.421. The maximum atomic E-state index is 12.5. The average Bonchev–Trinajstić information content (AvgIpc) is 2.86. The summed E-state index contributed by atoms with van der Waals surface area (Å²) in [6, 6.07) is 8.12. The maximum Gasteiger partial charge on any atom is 0.332 e. The number of nitrogens with zero attached hydrogens (tertiary/aromatic N) is 1. The number of methoxy groups -OCH3 is 1. The molecular weight excluding hydrogens is 368 g/mol. The number of thioether (sulfide) groups is 1. The number of hydrogen-bond acceptors (Lipinski definition) is 6. The van der Waals surface area contributed by atoms with E-state index in [-0.39, 0.29) is 17.7 Å². The summed E-state index contributed by atoms with van der Waals surface area (Å²) >= 11 is 1.49. The lowest BCUT2D eigenvalue weighted by Crippen LogP contribution is -2.65. The van der Waals surface area contributed by atoms with Crippen LogP contribution in [0.15, 0.2) is 42.1 Å². The fourth-order valence-electron chi connectivity index (χ4n) is 3.57. The summed E-state index contributed by atoms with van der Waals surface area (Å²) in [5, 5.41) is 12.4. The molecule has 3 atom stereocenters. The zero-order chi connectivity index (χ0) is 19.8. The van der Waals surface area contributed by atoms with Crippen molar-refractivity contribution < 1.29 is 24.2 Å². The van der Waals surface area contributed by atoms with Gasteiger partial charge in [-0.05, 0) is 19.4 Å². The molecule has 2 saturated heterocycles. The molecule has 2 aliphatic rings. The number of carbonyl (C=O) groups is 3. The summed E-state index contributed by atoms with van der Waals surface area (Å²) in [7, 11) is 1.26. The van der Waals surface area contributed by atoms with Crippen molar-refractivity contribution in [3.63, 3.8) is 0 Å². The van der Waals surface area contributed by atoms with E-state index in [2.05, 4.69) is 5.32 Å². The maximum absolute atomic E-state index is 12.5. The summed E-state index contributed by atoms with van der Waals surface area (Å²) in [5.74, 6) is -1.72. The third-order valence-electron chi connectivity index (χ3n) is 4.76. The normalized spacial score (nSPS) is 26.9. The van der Waals surface area contributed by atoms with Crippen LogP contribution in [-0.4, -0.2) is 57.2 Å². The quantitative estimate of drug-likeness (QED) is 0.579. The highest BCUT2D eigenvalue weighted by atomic mass is 32.2. The third kappa shape index (κ3) is 3.66. The number of ether oxygens (including phenoxy) is 1. The number of benzene rings is 1. The molecule has 1 aromatic rings. The predicted octanol–water partition coefficient (Wildman–Crippen LogP) is 1.39. The monoisotopic (exact) mass is 390 g/mol. The van der Waals surface area contributed by atoms with Crippen molar-refractivity contribution in [1.82, 2.24) is 10.2 Å². The number of carboxylic acids is 1. The molecular formula is C19H22N2O5S. The molecule has 7 nitrogen and oxygen atoms in total. The van der Waals surface area contributed by atoms with Gasteiger partial charge in [0, 0.05) is 16.5 Å². The Labute approximate surface area is 161 Å². The standard InChI is InChI=1S/C19H22N2O5S/c1-19(2)16(18(24)25)21-12(10-14(23)26-3)15(17(21)27-19)20-13(22)9-11-7-5-4-6-8-11/h4-8,10,15-17H,9H2,1-3H3,(H,20,22)(H,24,25)/t15-,16+,17-/m1/s1. The van der Waals surface area contributed by atoms with Crippen molar-refractivity contribution >= 4 is 29.6 Å². The molecule has 0 aliphatic carbocycles. The van der Waals surface area contributed by atoms with Crippen molar-refractivity contribution in [2.24, 2.45) is 0 Å². The summed E-state index contributed by atoms with van der Waals surface area (Å²) < 4.78 is 4.13. The Kier molecular flexibility index (Phi) is 5.19. The first kappa shape index (κ1) is 19.3. The lowest BCUT2D eigenvalue weighted by molar-refractivity contribution is -0.145. The minimum atomic E-state index is -0.958. The first-order valence-corrected chi connectivity index (χ1v) is 9.44. The molecule has 8 heteroatoms.